The number of carbonyl (C=O) groups is 4. The highest BCUT2D eigenvalue weighted by Gasteiger charge is 2.40. The van der Waals surface area contributed by atoms with Crippen LogP contribution >= 0.6 is 0 Å². The lowest BCUT2D eigenvalue weighted by atomic mass is 10.1. The van der Waals surface area contributed by atoms with Crippen molar-refractivity contribution in [2.45, 2.75) is 25.7 Å². The zero-order valence-electron chi connectivity index (χ0n) is 16.5. The van der Waals surface area contributed by atoms with Crippen LogP contribution < -0.4 is 11.1 Å². The first-order valence-electron chi connectivity index (χ1n) is 9.63. The molecule has 1 aliphatic heterocycles. The predicted molar refractivity (Wildman–Crippen MR) is 111 cm³/mol. The van der Waals surface area contributed by atoms with Gasteiger partial charge in [0.1, 0.15) is 5.56 Å². The molecule has 0 spiro atoms. The Balaban J connectivity index is 1.49. The van der Waals surface area contributed by atoms with Gasteiger partial charge in [0.15, 0.2) is 0 Å². The van der Waals surface area contributed by atoms with Crippen molar-refractivity contribution in [3.05, 3.63) is 69.3 Å². The summed E-state index contributed by atoms with van der Waals surface area (Å²) in [5, 5.41) is 13.8. The van der Waals surface area contributed by atoms with Gasteiger partial charge in [-0.25, -0.2) is 0 Å². The number of amides is 4. The predicted octanol–water partition coefficient (Wildman–Crippen LogP) is 2.49. The van der Waals surface area contributed by atoms with E-state index in [2.05, 4.69) is 5.32 Å². The van der Waals surface area contributed by atoms with E-state index in [1.54, 1.807) is 18.2 Å². The summed E-state index contributed by atoms with van der Waals surface area (Å²) in [6.45, 7) is 0.107. The van der Waals surface area contributed by atoms with E-state index in [-0.39, 0.29) is 41.3 Å². The van der Waals surface area contributed by atoms with Crippen molar-refractivity contribution >= 4 is 35.0 Å². The number of imide groups is 1. The average Bonchev–Trinajstić information content (AvgIpc) is 2.98. The Morgan fingerprint density at radius 3 is 2.45 bits per heavy atom. The van der Waals surface area contributed by atoms with Crippen LogP contribution in [0, 0.1) is 10.1 Å². The van der Waals surface area contributed by atoms with Gasteiger partial charge in [-0.05, 0) is 31.0 Å². The number of unbranched alkanes of at least 4 members (excludes halogenated alkanes) is 2. The molecule has 2 aromatic rings. The fourth-order valence-corrected chi connectivity index (χ4v) is 3.42. The van der Waals surface area contributed by atoms with Crippen LogP contribution in [0.1, 0.15) is 56.8 Å². The Bertz CT molecular complexity index is 1080. The minimum absolute atomic E-state index is 0.0340. The second kappa shape index (κ2) is 9.16. The number of carbonyl (C=O) groups excluding carboxylic acids is 4. The second-order valence-corrected chi connectivity index (χ2v) is 6.99. The summed E-state index contributed by atoms with van der Waals surface area (Å²) in [7, 11) is 0. The molecule has 0 saturated heterocycles. The van der Waals surface area contributed by atoms with Gasteiger partial charge in [-0.2, -0.15) is 0 Å². The van der Waals surface area contributed by atoms with Crippen LogP contribution in [0.2, 0.25) is 0 Å². The molecule has 10 heteroatoms. The molecule has 2 aromatic carbocycles. The average molecular weight is 424 g/mol. The fraction of sp³-hybridized carbons (Fsp3) is 0.238. The Kier molecular flexibility index (Phi) is 6.39. The molecule has 0 saturated carbocycles. The number of para-hydroxylation sites is 1. The molecule has 3 rings (SSSR count). The number of nitrogens with two attached hydrogens (primary N) is 1. The Morgan fingerprint density at radius 1 is 1.00 bits per heavy atom. The van der Waals surface area contributed by atoms with Crippen LogP contribution in [0.4, 0.5) is 11.4 Å². The van der Waals surface area contributed by atoms with Crippen LogP contribution in [0.5, 0.6) is 0 Å². The normalized spacial score (nSPS) is 12.6. The Morgan fingerprint density at radius 2 is 1.74 bits per heavy atom. The monoisotopic (exact) mass is 424 g/mol. The standard InChI is InChI=1S/C21H20N4O6/c22-19(27)13-7-3-4-9-15(13)23-17(26)11-2-1-5-12-24-20(28)14-8-6-10-16(25(30)31)18(14)21(24)29/h3-4,6-10H,1-2,5,11-12H2,(H2,22,27)(H,23,26). The molecule has 31 heavy (non-hydrogen) atoms. The summed E-state index contributed by atoms with van der Waals surface area (Å²) in [4.78, 5) is 59.9. The molecule has 0 atom stereocenters. The molecule has 0 aliphatic carbocycles. The zero-order chi connectivity index (χ0) is 22.5. The molecule has 3 N–H and O–H groups in total. The molecular formula is C21H20N4O6. The molecule has 0 bridgehead atoms. The molecule has 0 radical (unpaired) electrons. The summed E-state index contributed by atoms with van der Waals surface area (Å²) in [6, 6.07) is 10.4. The number of nitrogens with zero attached hydrogens (tertiary/aromatic N) is 2. The molecule has 1 heterocycles. The van der Waals surface area contributed by atoms with E-state index >= 15 is 0 Å². The first kappa shape index (κ1) is 21.6. The van der Waals surface area contributed by atoms with Crippen molar-refractivity contribution < 1.29 is 24.1 Å². The number of fused-ring (bicyclic) bond motifs is 1. The largest absolute Gasteiger partial charge is 0.366 e. The van der Waals surface area contributed by atoms with Gasteiger partial charge in [0, 0.05) is 19.0 Å². The lowest BCUT2D eigenvalue weighted by Gasteiger charge is -2.13. The molecule has 4 amide bonds. The van der Waals surface area contributed by atoms with Crippen LogP contribution in [0.3, 0.4) is 0 Å². The number of nitro benzene ring substituents is 1. The van der Waals surface area contributed by atoms with Gasteiger partial charge in [0.25, 0.3) is 23.4 Å². The number of anilines is 1. The van der Waals surface area contributed by atoms with E-state index in [0.29, 0.717) is 24.9 Å². The fourth-order valence-electron chi connectivity index (χ4n) is 3.42. The van der Waals surface area contributed by atoms with E-state index in [0.717, 1.165) is 4.90 Å². The SMILES string of the molecule is NC(=O)c1ccccc1NC(=O)CCCCCN1C(=O)c2cccc([N+](=O)[O-])c2C1=O. The van der Waals surface area contributed by atoms with Gasteiger partial charge in [-0.1, -0.05) is 24.6 Å². The Labute approximate surface area is 177 Å². The highest BCUT2D eigenvalue weighted by molar-refractivity contribution is 6.23. The van der Waals surface area contributed by atoms with E-state index in [9.17, 15) is 29.3 Å². The number of primary amides is 1. The summed E-state index contributed by atoms with van der Waals surface area (Å²) < 4.78 is 0. The topological polar surface area (TPSA) is 153 Å². The quantitative estimate of drug-likeness (QED) is 0.273. The maximum absolute atomic E-state index is 12.5. The lowest BCUT2D eigenvalue weighted by molar-refractivity contribution is -0.385. The van der Waals surface area contributed by atoms with Gasteiger partial charge in [-0.3, -0.25) is 34.2 Å². The van der Waals surface area contributed by atoms with Crippen molar-refractivity contribution in [1.82, 2.24) is 4.90 Å². The highest BCUT2D eigenvalue weighted by atomic mass is 16.6. The van der Waals surface area contributed by atoms with Crippen LogP contribution in [0.25, 0.3) is 0 Å². The zero-order valence-corrected chi connectivity index (χ0v) is 16.5. The molecule has 160 valence electrons. The van der Waals surface area contributed by atoms with Crippen molar-refractivity contribution in [1.29, 1.82) is 0 Å². The molecular weight excluding hydrogens is 404 g/mol. The van der Waals surface area contributed by atoms with E-state index in [4.69, 9.17) is 5.73 Å². The number of rotatable bonds is 9. The maximum atomic E-state index is 12.5. The Hall–Kier alpha value is -4.08. The third-order valence-corrected chi connectivity index (χ3v) is 4.93. The third-order valence-electron chi connectivity index (χ3n) is 4.93. The lowest BCUT2D eigenvalue weighted by Crippen LogP contribution is -2.30. The van der Waals surface area contributed by atoms with Gasteiger partial charge in [-0.15, -0.1) is 0 Å². The number of benzene rings is 2. The molecule has 0 fully saturated rings. The summed E-state index contributed by atoms with van der Waals surface area (Å²) in [5.41, 5.74) is 5.32. The van der Waals surface area contributed by atoms with Gasteiger partial charge in [0.2, 0.25) is 5.91 Å². The minimum atomic E-state index is -0.678. The maximum Gasteiger partial charge on any atom is 0.282 e. The molecule has 10 nitrogen and oxygen atoms in total. The first-order chi connectivity index (χ1) is 14.8. The van der Waals surface area contributed by atoms with Crippen LogP contribution in [-0.4, -0.2) is 40.0 Å². The number of nitro groups is 1. The van der Waals surface area contributed by atoms with Crippen molar-refractivity contribution in [3.63, 3.8) is 0 Å². The molecule has 0 unspecified atom stereocenters. The molecule has 0 aromatic heterocycles. The van der Waals surface area contributed by atoms with Crippen molar-refractivity contribution in [3.8, 4) is 0 Å². The second-order valence-electron chi connectivity index (χ2n) is 6.99. The molecule has 1 aliphatic rings. The van der Waals surface area contributed by atoms with Gasteiger partial charge >= 0.3 is 0 Å². The van der Waals surface area contributed by atoms with Crippen LogP contribution in [-0.2, 0) is 4.79 Å². The number of hydrogen-bond donors (Lipinski definition) is 2. The van der Waals surface area contributed by atoms with Crippen molar-refractivity contribution in [2.75, 3.05) is 11.9 Å². The van der Waals surface area contributed by atoms with E-state index < -0.39 is 22.6 Å². The first-order valence-corrected chi connectivity index (χ1v) is 9.63. The highest BCUT2D eigenvalue weighted by Crippen LogP contribution is 2.30. The third kappa shape index (κ3) is 4.58. The minimum Gasteiger partial charge on any atom is -0.366 e. The summed E-state index contributed by atoms with van der Waals surface area (Å²) >= 11 is 0. The smallest absolute Gasteiger partial charge is 0.282 e. The van der Waals surface area contributed by atoms with E-state index in [1.165, 1.54) is 24.3 Å². The van der Waals surface area contributed by atoms with Crippen molar-refractivity contribution in [2.24, 2.45) is 5.73 Å². The van der Waals surface area contributed by atoms with Gasteiger partial charge < -0.3 is 11.1 Å². The van der Waals surface area contributed by atoms with Crippen LogP contribution in [0.15, 0.2) is 42.5 Å². The van der Waals surface area contributed by atoms with E-state index in [1.807, 2.05) is 0 Å². The summed E-state index contributed by atoms with van der Waals surface area (Å²) in [6.07, 6.45) is 1.68. The number of hydrogen-bond acceptors (Lipinski definition) is 6. The van der Waals surface area contributed by atoms with Gasteiger partial charge in [0.05, 0.1) is 21.7 Å². The number of nitrogens with one attached hydrogen (secondary N) is 1. The summed E-state index contributed by atoms with van der Waals surface area (Å²) in [5.74, 6) is -2.15.